The van der Waals surface area contributed by atoms with Gasteiger partial charge in [0.1, 0.15) is 5.75 Å². The van der Waals surface area contributed by atoms with Crippen molar-refractivity contribution in [2.45, 2.75) is 6.92 Å². The summed E-state index contributed by atoms with van der Waals surface area (Å²) in [6.45, 7) is 4.56. The molecule has 0 aromatic heterocycles. The second kappa shape index (κ2) is 8.54. The van der Waals surface area contributed by atoms with Gasteiger partial charge in [-0.3, -0.25) is 4.90 Å². The Balaban J connectivity index is 1.85. The largest absolute Gasteiger partial charge is 0.451 e. The van der Waals surface area contributed by atoms with Gasteiger partial charge in [0, 0.05) is 19.6 Å². The fourth-order valence-electron chi connectivity index (χ4n) is 2.75. The molecule has 1 aliphatic heterocycles. The fourth-order valence-corrected chi connectivity index (χ4v) is 2.75. The normalized spacial score (nSPS) is 15.4. The number of hydrogen-bond acceptors (Lipinski definition) is 3. The molecule has 27 heavy (non-hydrogen) atoms. The van der Waals surface area contributed by atoms with Crippen molar-refractivity contribution in [2.75, 3.05) is 32.8 Å². The van der Waals surface area contributed by atoms with Crippen LogP contribution >= 0.6 is 0 Å². The lowest BCUT2D eigenvalue weighted by Crippen LogP contribution is -2.36. The molecule has 0 N–H and O–H groups in total. The Morgan fingerprint density at radius 2 is 1.63 bits per heavy atom. The molecule has 3 rings (SSSR count). The number of halogens is 4. The summed E-state index contributed by atoms with van der Waals surface area (Å²) in [5.74, 6) is -7.09. The molecule has 0 spiro atoms. The molecule has 7 heteroatoms. The number of aryl methyl sites for hydroxylation is 1. The van der Waals surface area contributed by atoms with Gasteiger partial charge in [0.05, 0.1) is 18.8 Å². The molecule has 1 saturated heterocycles. The average Bonchev–Trinajstić information content (AvgIpc) is 2.68. The molecule has 0 bridgehead atoms. The molecule has 0 radical (unpaired) electrons. The lowest BCUT2D eigenvalue weighted by atomic mass is 10.1. The number of nitrogens with zero attached hydrogens (tertiary/aromatic N) is 1. The number of ether oxygens (including phenoxy) is 2. The summed E-state index contributed by atoms with van der Waals surface area (Å²) in [6.07, 6.45) is 2.51. The summed E-state index contributed by atoms with van der Waals surface area (Å²) in [5, 5.41) is 0. The zero-order valence-corrected chi connectivity index (χ0v) is 14.8. The van der Waals surface area contributed by atoms with Gasteiger partial charge in [-0.05, 0) is 18.6 Å². The fraction of sp³-hybridized carbons (Fsp3) is 0.300. The van der Waals surface area contributed by atoms with E-state index in [1.807, 2.05) is 4.90 Å². The standard InChI is InChI=1S/C20H19F4NO2/c1-13-5-2-3-7-15(13)27-20-18(23)16(21)14(17(22)19(20)24)6-4-8-25-9-11-26-12-10-25/h2-7H,8-12H2,1H3. The SMILES string of the molecule is Cc1ccccc1Oc1c(F)c(F)c(C=CCN2CCOCC2)c(F)c1F. The summed E-state index contributed by atoms with van der Waals surface area (Å²) in [7, 11) is 0. The maximum Gasteiger partial charge on any atom is 0.205 e. The second-order valence-electron chi connectivity index (χ2n) is 6.18. The monoisotopic (exact) mass is 381 g/mol. The van der Waals surface area contributed by atoms with Crippen LogP contribution in [0.25, 0.3) is 6.08 Å². The average molecular weight is 381 g/mol. The van der Waals surface area contributed by atoms with Gasteiger partial charge in [-0.15, -0.1) is 0 Å². The quantitative estimate of drug-likeness (QED) is 0.554. The van der Waals surface area contributed by atoms with Crippen LogP contribution in [-0.2, 0) is 4.74 Å². The highest BCUT2D eigenvalue weighted by Crippen LogP contribution is 2.34. The third kappa shape index (κ3) is 4.31. The molecule has 1 aliphatic rings. The first-order valence-corrected chi connectivity index (χ1v) is 8.55. The Bertz CT molecular complexity index is 819. The lowest BCUT2D eigenvalue weighted by Gasteiger charge is -2.25. The van der Waals surface area contributed by atoms with E-state index in [1.165, 1.54) is 12.1 Å². The highest BCUT2D eigenvalue weighted by atomic mass is 19.2. The van der Waals surface area contributed by atoms with E-state index in [1.54, 1.807) is 25.1 Å². The van der Waals surface area contributed by atoms with Gasteiger partial charge in [-0.1, -0.05) is 30.4 Å². The van der Waals surface area contributed by atoms with Gasteiger partial charge in [0.2, 0.25) is 17.4 Å². The topological polar surface area (TPSA) is 21.7 Å². The van der Waals surface area contributed by atoms with Gasteiger partial charge in [-0.25, -0.2) is 8.78 Å². The molecular weight excluding hydrogens is 362 g/mol. The number of rotatable bonds is 5. The minimum Gasteiger partial charge on any atom is -0.451 e. The summed E-state index contributed by atoms with van der Waals surface area (Å²) < 4.78 is 67.6. The van der Waals surface area contributed by atoms with Crippen molar-refractivity contribution in [1.29, 1.82) is 0 Å². The number of benzene rings is 2. The molecule has 2 aromatic rings. The number of para-hydroxylation sites is 1. The van der Waals surface area contributed by atoms with E-state index < -0.39 is 34.6 Å². The zero-order valence-electron chi connectivity index (χ0n) is 14.8. The van der Waals surface area contributed by atoms with E-state index >= 15 is 0 Å². The number of morpholine rings is 1. The van der Waals surface area contributed by atoms with Crippen molar-refractivity contribution >= 4 is 6.08 Å². The Morgan fingerprint density at radius 1 is 1.00 bits per heavy atom. The Kier molecular flexibility index (Phi) is 6.13. The third-order valence-corrected chi connectivity index (χ3v) is 4.31. The number of hydrogen-bond donors (Lipinski definition) is 0. The molecule has 3 nitrogen and oxygen atoms in total. The van der Waals surface area contributed by atoms with E-state index in [2.05, 4.69) is 0 Å². The summed E-state index contributed by atoms with van der Waals surface area (Å²) >= 11 is 0. The van der Waals surface area contributed by atoms with Crippen LogP contribution in [0.15, 0.2) is 30.3 Å². The van der Waals surface area contributed by atoms with Crippen LogP contribution in [0.4, 0.5) is 17.6 Å². The van der Waals surface area contributed by atoms with Crippen molar-refractivity contribution in [3.63, 3.8) is 0 Å². The maximum atomic E-state index is 14.3. The highest BCUT2D eigenvalue weighted by molar-refractivity contribution is 5.54. The van der Waals surface area contributed by atoms with Crippen molar-refractivity contribution in [3.8, 4) is 11.5 Å². The zero-order chi connectivity index (χ0) is 19.4. The van der Waals surface area contributed by atoms with Gasteiger partial charge in [-0.2, -0.15) is 8.78 Å². The van der Waals surface area contributed by atoms with E-state index in [0.717, 1.165) is 6.08 Å². The predicted molar refractivity (Wildman–Crippen MR) is 93.8 cm³/mol. The summed E-state index contributed by atoms with van der Waals surface area (Å²) in [4.78, 5) is 2.00. The molecule has 144 valence electrons. The molecule has 2 aromatic carbocycles. The van der Waals surface area contributed by atoms with E-state index in [-0.39, 0.29) is 5.75 Å². The molecule has 0 atom stereocenters. The highest BCUT2D eigenvalue weighted by Gasteiger charge is 2.26. The first kappa shape index (κ1) is 19.4. The van der Waals surface area contributed by atoms with Gasteiger partial charge < -0.3 is 9.47 Å². The molecule has 0 unspecified atom stereocenters. The van der Waals surface area contributed by atoms with Crippen LogP contribution in [0.3, 0.4) is 0 Å². The maximum absolute atomic E-state index is 14.3. The van der Waals surface area contributed by atoms with Crippen molar-refractivity contribution in [1.82, 2.24) is 4.90 Å². The lowest BCUT2D eigenvalue weighted by molar-refractivity contribution is 0.0435. The van der Waals surface area contributed by atoms with Crippen molar-refractivity contribution < 1.29 is 27.0 Å². The second-order valence-corrected chi connectivity index (χ2v) is 6.18. The molecule has 0 saturated carbocycles. The predicted octanol–water partition coefficient (Wildman–Crippen LogP) is 4.69. The Hall–Kier alpha value is -2.38. The Labute approximate surface area is 154 Å². The Morgan fingerprint density at radius 3 is 2.26 bits per heavy atom. The van der Waals surface area contributed by atoms with Crippen LogP contribution in [0.2, 0.25) is 0 Å². The summed E-state index contributed by atoms with van der Waals surface area (Å²) in [6, 6.07) is 6.41. The molecular formula is C20H19F4NO2. The van der Waals surface area contributed by atoms with E-state index in [0.29, 0.717) is 38.4 Å². The van der Waals surface area contributed by atoms with Crippen LogP contribution < -0.4 is 4.74 Å². The molecule has 1 fully saturated rings. The van der Waals surface area contributed by atoms with Crippen LogP contribution in [0.1, 0.15) is 11.1 Å². The third-order valence-electron chi connectivity index (χ3n) is 4.31. The summed E-state index contributed by atoms with van der Waals surface area (Å²) in [5.41, 5.74) is -0.193. The molecule has 0 amide bonds. The van der Waals surface area contributed by atoms with Crippen LogP contribution in [-0.4, -0.2) is 37.7 Å². The van der Waals surface area contributed by atoms with Gasteiger partial charge in [0.15, 0.2) is 11.6 Å². The van der Waals surface area contributed by atoms with Gasteiger partial charge >= 0.3 is 0 Å². The van der Waals surface area contributed by atoms with Gasteiger partial charge in [0.25, 0.3) is 0 Å². The first-order valence-electron chi connectivity index (χ1n) is 8.55. The molecule has 0 aliphatic carbocycles. The van der Waals surface area contributed by atoms with Crippen LogP contribution in [0.5, 0.6) is 11.5 Å². The van der Waals surface area contributed by atoms with Crippen molar-refractivity contribution in [3.05, 3.63) is 64.7 Å². The van der Waals surface area contributed by atoms with E-state index in [9.17, 15) is 17.6 Å². The van der Waals surface area contributed by atoms with Crippen molar-refractivity contribution in [2.24, 2.45) is 0 Å². The van der Waals surface area contributed by atoms with Crippen LogP contribution in [0, 0.1) is 30.2 Å². The van der Waals surface area contributed by atoms with E-state index in [4.69, 9.17) is 9.47 Å². The minimum atomic E-state index is -1.57. The smallest absolute Gasteiger partial charge is 0.205 e. The first-order chi connectivity index (χ1) is 13.0. The molecule has 1 heterocycles. The minimum absolute atomic E-state index is 0.115.